The summed E-state index contributed by atoms with van der Waals surface area (Å²) in [4.78, 5) is 27.4. The number of alkyl carbamates (subject to hydrolysis) is 1. The maximum Gasteiger partial charge on any atom is 0.472 e. The summed E-state index contributed by atoms with van der Waals surface area (Å²) < 4.78 is 18.4. The predicted octanol–water partition coefficient (Wildman–Crippen LogP) is 0.825. The van der Waals surface area contributed by atoms with Crippen LogP contribution in [0.3, 0.4) is 0 Å². The van der Waals surface area contributed by atoms with E-state index in [0.29, 0.717) is 12.5 Å². The molecule has 0 aromatic carbocycles. The molecule has 0 aliphatic heterocycles. The summed E-state index contributed by atoms with van der Waals surface area (Å²) in [5.41, 5.74) is 0. The Balaban J connectivity index is 3.46. The zero-order valence-corrected chi connectivity index (χ0v) is 9.57. The largest absolute Gasteiger partial charge is 0.472 e. The Morgan fingerprint density at radius 3 is 2.53 bits per heavy atom. The fourth-order valence-corrected chi connectivity index (χ4v) is 0.852. The Morgan fingerprint density at radius 1 is 1.47 bits per heavy atom. The van der Waals surface area contributed by atoms with Gasteiger partial charge in [0.1, 0.15) is 0 Å². The Kier molecular flexibility index (Phi) is 6.51. The lowest BCUT2D eigenvalue weighted by Crippen LogP contribution is -2.26. The van der Waals surface area contributed by atoms with E-state index in [0.717, 1.165) is 6.42 Å². The van der Waals surface area contributed by atoms with Crippen molar-refractivity contribution < 1.29 is 28.4 Å². The Hall–Kier alpha value is -0.620. The molecule has 0 rings (SSSR count). The Morgan fingerprint density at radius 2 is 2.07 bits per heavy atom. The van der Waals surface area contributed by atoms with E-state index in [1.807, 2.05) is 13.8 Å². The summed E-state index contributed by atoms with van der Waals surface area (Å²) in [5.74, 6) is 0.455. The van der Waals surface area contributed by atoms with Crippen LogP contribution in [0.4, 0.5) is 4.79 Å². The van der Waals surface area contributed by atoms with Crippen LogP contribution >= 0.6 is 7.82 Å². The van der Waals surface area contributed by atoms with Crippen molar-refractivity contribution in [2.24, 2.45) is 5.92 Å². The molecule has 90 valence electrons. The van der Waals surface area contributed by atoms with Crippen molar-refractivity contribution >= 4 is 13.9 Å². The molecule has 8 heteroatoms. The first-order chi connectivity index (χ1) is 6.81. The first-order valence-electron chi connectivity index (χ1n) is 4.42. The highest BCUT2D eigenvalue weighted by Crippen LogP contribution is 2.35. The molecule has 0 radical (unpaired) electrons. The van der Waals surface area contributed by atoms with Crippen molar-refractivity contribution in [2.75, 3.05) is 13.3 Å². The lowest BCUT2D eigenvalue weighted by Gasteiger charge is -2.08. The van der Waals surface area contributed by atoms with Crippen molar-refractivity contribution in [2.45, 2.75) is 20.3 Å². The molecule has 0 heterocycles. The van der Waals surface area contributed by atoms with Crippen molar-refractivity contribution in [1.82, 2.24) is 5.32 Å². The third-order valence-electron chi connectivity index (χ3n) is 1.40. The van der Waals surface area contributed by atoms with Crippen LogP contribution in [0.5, 0.6) is 0 Å². The topological polar surface area (TPSA) is 105 Å². The van der Waals surface area contributed by atoms with Gasteiger partial charge in [-0.2, -0.15) is 0 Å². The van der Waals surface area contributed by atoms with Crippen LogP contribution in [-0.4, -0.2) is 29.2 Å². The highest BCUT2D eigenvalue weighted by Gasteiger charge is 2.14. The molecule has 0 atom stereocenters. The molecule has 0 unspecified atom stereocenters. The molecule has 0 spiro atoms. The minimum atomic E-state index is -4.57. The Labute approximate surface area is 88.0 Å². The second-order valence-electron chi connectivity index (χ2n) is 3.28. The van der Waals surface area contributed by atoms with Gasteiger partial charge in [-0.3, -0.25) is 0 Å². The van der Waals surface area contributed by atoms with Gasteiger partial charge >= 0.3 is 13.9 Å². The van der Waals surface area contributed by atoms with E-state index < -0.39 is 20.7 Å². The van der Waals surface area contributed by atoms with E-state index in [2.05, 4.69) is 14.6 Å². The first kappa shape index (κ1) is 14.4. The van der Waals surface area contributed by atoms with Gasteiger partial charge in [0.2, 0.25) is 6.79 Å². The fraction of sp³-hybridized carbons (Fsp3) is 0.857. The first-order valence-corrected chi connectivity index (χ1v) is 5.95. The zero-order valence-electron chi connectivity index (χ0n) is 8.67. The molecular formula is C7H16NO6P. The second kappa shape index (κ2) is 6.79. The molecule has 0 saturated heterocycles. The lowest BCUT2D eigenvalue weighted by atomic mass is 10.1. The summed E-state index contributed by atoms with van der Waals surface area (Å²) in [6.45, 7) is 3.69. The third-order valence-corrected chi connectivity index (χ3v) is 1.84. The average molecular weight is 241 g/mol. The summed E-state index contributed by atoms with van der Waals surface area (Å²) in [6.07, 6.45) is 0.0400. The van der Waals surface area contributed by atoms with Crippen LogP contribution in [0.25, 0.3) is 0 Å². The van der Waals surface area contributed by atoms with Gasteiger partial charge < -0.3 is 19.8 Å². The summed E-state index contributed by atoms with van der Waals surface area (Å²) in [5, 5.41) is 2.41. The maximum absolute atomic E-state index is 10.8. The van der Waals surface area contributed by atoms with Gasteiger partial charge in [-0.1, -0.05) is 13.8 Å². The molecule has 1 amide bonds. The van der Waals surface area contributed by atoms with E-state index in [1.54, 1.807) is 0 Å². The molecular weight excluding hydrogens is 225 g/mol. The lowest BCUT2D eigenvalue weighted by molar-refractivity contribution is 0.0398. The molecule has 0 bridgehead atoms. The highest BCUT2D eigenvalue weighted by molar-refractivity contribution is 7.46. The summed E-state index contributed by atoms with van der Waals surface area (Å²) in [7, 11) is -4.57. The van der Waals surface area contributed by atoms with Gasteiger partial charge in [0.25, 0.3) is 0 Å². The normalized spacial score (nSPS) is 11.5. The smallest absolute Gasteiger partial charge is 0.422 e. The van der Waals surface area contributed by atoms with E-state index in [1.165, 1.54) is 0 Å². The van der Waals surface area contributed by atoms with Gasteiger partial charge in [-0.25, -0.2) is 13.9 Å². The van der Waals surface area contributed by atoms with Gasteiger partial charge in [-0.15, -0.1) is 0 Å². The molecule has 0 fully saturated rings. The van der Waals surface area contributed by atoms with E-state index >= 15 is 0 Å². The van der Waals surface area contributed by atoms with Crippen molar-refractivity contribution in [3.63, 3.8) is 0 Å². The Bertz CT molecular complexity index is 238. The van der Waals surface area contributed by atoms with E-state index in [4.69, 9.17) is 9.79 Å². The molecule has 3 N–H and O–H groups in total. The molecule has 15 heavy (non-hydrogen) atoms. The highest BCUT2D eigenvalue weighted by atomic mass is 31.2. The third kappa shape index (κ3) is 11.3. The minimum absolute atomic E-state index is 0.451. The van der Waals surface area contributed by atoms with Crippen LogP contribution in [0.2, 0.25) is 0 Å². The average Bonchev–Trinajstić information content (AvgIpc) is 2.00. The summed E-state index contributed by atoms with van der Waals surface area (Å²) >= 11 is 0. The maximum atomic E-state index is 10.8. The molecule has 0 saturated carbocycles. The van der Waals surface area contributed by atoms with Gasteiger partial charge in [0.05, 0.1) is 0 Å². The molecule has 0 aromatic heterocycles. The van der Waals surface area contributed by atoms with E-state index in [-0.39, 0.29) is 0 Å². The van der Waals surface area contributed by atoms with Crippen molar-refractivity contribution in [1.29, 1.82) is 0 Å². The number of hydrogen-bond donors (Lipinski definition) is 3. The van der Waals surface area contributed by atoms with E-state index in [9.17, 15) is 9.36 Å². The predicted molar refractivity (Wildman–Crippen MR) is 51.9 cm³/mol. The number of carbonyl (C=O) groups is 1. The number of phosphoric ester groups is 1. The van der Waals surface area contributed by atoms with Crippen LogP contribution < -0.4 is 5.32 Å². The number of carbonyl (C=O) groups excluding carboxylic acids is 1. The van der Waals surface area contributed by atoms with Crippen molar-refractivity contribution in [3.8, 4) is 0 Å². The SMILES string of the molecule is CC(C)CCNC(=O)OCOP(=O)(O)O. The second-order valence-corrected chi connectivity index (χ2v) is 4.52. The minimum Gasteiger partial charge on any atom is -0.422 e. The fourth-order valence-electron chi connectivity index (χ4n) is 0.662. The standard InChI is InChI=1S/C7H16NO6P/c1-6(2)3-4-8-7(9)13-5-14-15(10,11)12/h6H,3-5H2,1-2H3,(H,8,9)(H2,10,11,12). The molecule has 0 aromatic rings. The van der Waals surface area contributed by atoms with Crippen molar-refractivity contribution in [3.05, 3.63) is 0 Å². The quantitative estimate of drug-likeness (QED) is 0.469. The van der Waals surface area contributed by atoms with Gasteiger partial charge in [0.15, 0.2) is 0 Å². The molecule has 0 aliphatic rings. The number of ether oxygens (including phenoxy) is 1. The number of nitrogens with one attached hydrogen (secondary N) is 1. The van der Waals surface area contributed by atoms with Crippen LogP contribution in [-0.2, 0) is 13.8 Å². The number of phosphoric acid groups is 1. The number of amides is 1. The van der Waals surface area contributed by atoms with Crippen LogP contribution in [0.1, 0.15) is 20.3 Å². The van der Waals surface area contributed by atoms with Gasteiger partial charge in [0, 0.05) is 6.54 Å². The van der Waals surface area contributed by atoms with Crippen LogP contribution in [0, 0.1) is 5.92 Å². The molecule has 0 aliphatic carbocycles. The summed E-state index contributed by atoms with van der Waals surface area (Å²) in [6, 6.07) is 0. The van der Waals surface area contributed by atoms with Crippen LogP contribution in [0.15, 0.2) is 0 Å². The number of rotatable bonds is 6. The van der Waals surface area contributed by atoms with Gasteiger partial charge in [-0.05, 0) is 12.3 Å². The zero-order chi connectivity index (χ0) is 11.9. The number of hydrogen-bond acceptors (Lipinski definition) is 4. The monoisotopic (exact) mass is 241 g/mol. The molecule has 7 nitrogen and oxygen atoms in total.